The Bertz CT molecular complexity index is 797. The van der Waals surface area contributed by atoms with Crippen LogP contribution in [0.25, 0.3) is 11.0 Å². The lowest BCUT2D eigenvalue weighted by Crippen LogP contribution is -2.43. The summed E-state index contributed by atoms with van der Waals surface area (Å²) in [6.07, 6.45) is 4.33. The number of benzene rings is 1. The zero-order valence-electron chi connectivity index (χ0n) is 13.2. The van der Waals surface area contributed by atoms with Crippen LogP contribution in [0, 0.1) is 5.92 Å². The van der Waals surface area contributed by atoms with Gasteiger partial charge in [0.05, 0.1) is 11.7 Å². The molecule has 0 amide bonds. The fourth-order valence-corrected chi connectivity index (χ4v) is 5.98. The summed E-state index contributed by atoms with van der Waals surface area (Å²) in [5.74, 6) is 0.598. The van der Waals surface area contributed by atoms with Gasteiger partial charge in [-0.2, -0.15) is 13.1 Å². The first-order valence-electron chi connectivity index (χ1n) is 8.11. The highest BCUT2D eigenvalue weighted by Crippen LogP contribution is 2.30. The maximum absolute atomic E-state index is 13.0. The van der Waals surface area contributed by atoms with E-state index in [0.29, 0.717) is 41.0 Å². The van der Waals surface area contributed by atoms with Gasteiger partial charge < -0.3 is 5.32 Å². The first-order valence-corrected chi connectivity index (χ1v) is 10.3. The fraction of sp³-hybridized carbons (Fsp3) is 0.600. The van der Waals surface area contributed by atoms with Gasteiger partial charge in [-0.25, -0.2) is 8.42 Å². The molecule has 0 radical (unpaired) electrons. The van der Waals surface area contributed by atoms with E-state index < -0.39 is 10.0 Å². The molecule has 2 fully saturated rings. The molecule has 1 aromatic carbocycles. The highest BCUT2D eigenvalue weighted by atomic mass is 35.5. The van der Waals surface area contributed by atoms with Gasteiger partial charge in [0.15, 0.2) is 0 Å². The number of hydrogen-bond acceptors (Lipinski definition) is 6. The van der Waals surface area contributed by atoms with E-state index in [1.165, 1.54) is 12.8 Å². The molecule has 2 aliphatic rings. The second-order valence-electron chi connectivity index (χ2n) is 6.33. The molecule has 0 bridgehead atoms. The number of nitrogens with zero attached hydrogens (tertiary/aromatic N) is 3. The molecule has 6 nitrogen and oxygen atoms in total. The predicted octanol–water partition coefficient (Wildman–Crippen LogP) is 2.27. The lowest BCUT2D eigenvalue weighted by atomic mass is 9.89. The van der Waals surface area contributed by atoms with Crippen molar-refractivity contribution in [2.75, 3.05) is 19.6 Å². The van der Waals surface area contributed by atoms with Crippen LogP contribution in [-0.2, 0) is 10.0 Å². The quantitative estimate of drug-likeness (QED) is 0.872. The zero-order valence-corrected chi connectivity index (χ0v) is 15.7. The third-order valence-corrected chi connectivity index (χ3v) is 7.51. The lowest BCUT2D eigenvalue weighted by Gasteiger charge is -2.34. The summed E-state index contributed by atoms with van der Waals surface area (Å²) < 4.78 is 35.9. The van der Waals surface area contributed by atoms with Gasteiger partial charge in [0, 0.05) is 19.1 Å². The minimum Gasteiger partial charge on any atom is -0.314 e. The van der Waals surface area contributed by atoms with Crippen LogP contribution in [0.4, 0.5) is 0 Å². The molecular formula is C15H21ClN4O2S2. The summed E-state index contributed by atoms with van der Waals surface area (Å²) in [6.45, 7) is 2.29. The molecule has 0 spiro atoms. The Labute approximate surface area is 152 Å². The predicted molar refractivity (Wildman–Crippen MR) is 97.2 cm³/mol. The Hall–Kier alpha value is -0.800. The monoisotopic (exact) mass is 388 g/mol. The van der Waals surface area contributed by atoms with Gasteiger partial charge in [-0.05, 0) is 50.3 Å². The summed E-state index contributed by atoms with van der Waals surface area (Å²) >= 11 is 1.06. The van der Waals surface area contributed by atoms with Crippen molar-refractivity contribution in [2.24, 2.45) is 5.92 Å². The van der Waals surface area contributed by atoms with Gasteiger partial charge >= 0.3 is 0 Å². The molecule has 1 N–H and O–H groups in total. The molecule has 9 heteroatoms. The minimum atomic E-state index is -3.49. The molecular weight excluding hydrogens is 368 g/mol. The molecule has 2 aliphatic heterocycles. The third kappa shape index (κ3) is 3.17. The average molecular weight is 389 g/mol. The number of aromatic nitrogens is 2. The number of halogens is 1. The van der Waals surface area contributed by atoms with E-state index in [0.717, 1.165) is 31.1 Å². The highest BCUT2D eigenvalue weighted by Gasteiger charge is 2.34. The molecule has 24 heavy (non-hydrogen) atoms. The van der Waals surface area contributed by atoms with Gasteiger partial charge in [0.2, 0.25) is 10.0 Å². The highest BCUT2D eigenvalue weighted by molar-refractivity contribution is 7.89. The molecule has 4 rings (SSSR count). The number of rotatable bonds is 3. The Morgan fingerprint density at radius 3 is 2.67 bits per heavy atom. The van der Waals surface area contributed by atoms with Crippen LogP contribution >= 0.6 is 24.1 Å². The van der Waals surface area contributed by atoms with Crippen molar-refractivity contribution >= 4 is 45.2 Å². The van der Waals surface area contributed by atoms with Crippen LogP contribution < -0.4 is 5.32 Å². The summed E-state index contributed by atoms with van der Waals surface area (Å²) in [4.78, 5) is 0.293. The second kappa shape index (κ2) is 7.21. The van der Waals surface area contributed by atoms with E-state index in [-0.39, 0.29) is 12.4 Å². The third-order valence-electron chi connectivity index (χ3n) is 5.03. The van der Waals surface area contributed by atoms with Crippen molar-refractivity contribution in [3.63, 3.8) is 0 Å². The molecule has 0 aliphatic carbocycles. The second-order valence-corrected chi connectivity index (χ2v) is 8.77. The largest absolute Gasteiger partial charge is 0.314 e. The number of hydrogen-bond donors (Lipinski definition) is 1. The van der Waals surface area contributed by atoms with Gasteiger partial charge in [-0.3, -0.25) is 0 Å². The topological polar surface area (TPSA) is 75.2 Å². The van der Waals surface area contributed by atoms with E-state index in [4.69, 9.17) is 0 Å². The fourth-order valence-electron chi connectivity index (χ4n) is 3.76. The first-order chi connectivity index (χ1) is 11.2. The zero-order chi connectivity index (χ0) is 15.9. The maximum atomic E-state index is 13.0. The van der Waals surface area contributed by atoms with Crippen molar-refractivity contribution in [1.29, 1.82) is 0 Å². The molecule has 3 heterocycles. The van der Waals surface area contributed by atoms with Crippen LogP contribution in [0.1, 0.15) is 25.7 Å². The SMILES string of the molecule is Cl.O=S(=O)(c1cccc2nsnc12)N1CCC(C2CCCN2)CC1. The van der Waals surface area contributed by atoms with Crippen LogP contribution in [0.2, 0.25) is 0 Å². The van der Waals surface area contributed by atoms with Crippen LogP contribution in [0.5, 0.6) is 0 Å². The molecule has 2 saturated heterocycles. The molecule has 132 valence electrons. The van der Waals surface area contributed by atoms with Gasteiger partial charge in [-0.1, -0.05) is 6.07 Å². The van der Waals surface area contributed by atoms with Crippen molar-refractivity contribution in [3.05, 3.63) is 18.2 Å². The number of piperidine rings is 1. The van der Waals surface area contributed by atoms with Crippen molar-refractivity contribution in [3.8, 4) is 0 Å². The van der Waals surface area contributed by atoms with Crippen LogP contribution in [-0.4, -0.2) is 47.1 Å². The first kappa shape index (κ1) is 18.0. The number of fused-ring (bicyclic) bond motifs is 1. The normalized spacial score (nSPS) is 23.4. The van der Waals surface area contributed by atoms with E-state index in [1.807, 2.05) is 0 Å². The van der Waals surface area contributed by atoms with Crippen molar-refractivity contribution in [1.82, 2.24) is 18.4 Å². The Balaban J connectivity index is 0.00000169. The number of nitrogens with one attached hydrogen (secondary N) is 1. The number of sulfonamides is 1. The lowest BCUT2D eigenvalue weighted by molar-refractivity contribution is 0.234. The van der Waals surface area contributed by atoms with Crippen LogP contribution in [0.3, 0.4) is 0 Å². The average Bonchev–Trinajstić information content (AvgIpc) is 3.26. The Morgan fingerprint density at radius 2 is 1.96 bits per heavy atom. The van der Waals surface area contributed by atoms with Crippen LogP contribution in [0.15, 0.2) is 23.1 Å². The van der Waals surface area contributed by atoms with Gasteiger partial charge in [0.1, 0.15) is 15.9 Å². The summed E-state index contributed by atoms with van der Waals surface area (Å²) in [5, 5.41) is 3.55. The van der Waals surface area contributed by atoms with E-state index in [9.17, 15) is 8.42 Å². The van der Waals surface area contributed by atoms with E-state index >= 15 is 0 Å². The van der Waals surface area contributed by atoms with E-state index in [2.05, 4.69) is 14.1 Å². The molecule has 1 atom stereocenters. The summed E-state index contributed by atoms with van der Waals surface area (Å²) in [5.41, 5.74) is 1.15. The Morgan fingerprint density at radius 1 is 1.17 bits per heavy atom. The maximum Gasteiger partial charge on any atom is 0.245 e. The van der Waals surface area contributed by atoms with Gasteiger partial charge in [0.25, 0.3) is 0 Å². The molecule has 0 saturated carbocycles. The van der Waals surface area contributed by atoms with E-state index in [1.54, 1.807) is 22.5 Å². The van der Waals surface area contributed by atoms with Crippen molar-refractivity contribution in [2.45, 2.75) is 36.6 Å². The molecule has 1 unspecified atom stereocenters. The smallest absolute Gasteiger partial charge is 0.245 e. The molecule has 1 aromatic heterocycles. The minimum absolute atomic E-state index is 0. The van der Waals surface area contributed by atoms with Crippen molar-refractivity contribution < 1.29 is 8.42 Å². The standard InChI is InChI=1S/C15H20N4O2S2.ClH/c20-23(21,14-5-1-3-13-15(14)18-22-17-13)19-9-6-11(7-10-19)12-4-2-8-16-12;/h1,3,5,11-12,16H,2,4,6-10H2;1H. The summed E-state index contributed by atoms with van der Waals surface area (Å²) in [7, 11) is -3.49. The van der Waals surface area contributed by atoms with Gasteiger partial charge in [-0.15, -0.1) is 12.4 Å². The Kier molecular flexibility index (Phi) is 5.41. The summed E-state index contributed by atoms with van der Waals surface area (Å²) in [6, 6.07) is 5.76. The molecule has 2 aromatic rings.